The Hall–Kier alpha value is -1.13. The lowest BCUT2D eigenvalue weighted by Crippen LogP contribution is -2.36. The number of carbonyl (C=O) groups is 1. The van der Waals surface area contributed by atoms with Gasteiger partial charge < -0.3 is 10.0 Å². The molecule has 0 aromatic heterocycles. The molecule has 1 N–H and O–H groups in total. The Morgan fingerprint density at radius 1 is 1.58 bits per heavy atom. The van der Waals surface area contributed by atoms with E-state index in [0.717, 1.165) is 29.4 Å². The van der Waals surface area contributed by atoms with Crippen LogP contribution in [-0.4, -0.2) is 35.1 Å². The van der Waals surface area contributed by atoms with Crippen molar-refractivity contribution in [3.05, 3.63) is 39.9 Å². The molecule has 1 aromatic rings. The summed E-state index contributed by atoms with van der Waals surface area (Å²) in [4.78, 5) is 13.8. The topological polar surface area (TPSA) is 40.5 Å². The van der Waals surface area contributed by atoms with Crippen LogP contribution in [0.3, 0.4) is 0 Å². The van der Waals surface area contributed by atoms with Gasteiger partial charge in [-0.1, -0.05) is 28.1 Å². The average molecular weight is 324 g/mol. The first-order valence-electron chi connectivity index (χ1n) is 6.47. The van der Waals surface area contributed by atoms with E-state index in [4.69, 9.17) is 0 Å². The van der Waals surface area contributed by atoms with Gasteiger partial charge in [0.05, 0.1) is 12.6 Å². The summed E-state index contributed by atoms with van der Waals surface area (Å²) in [5.74, 6) is -0.0241. The smallest absolute Gasteiger partial charge is 0.246 e. The van der Waals surface area contributed by atoms with E-state index in [1.807, 2.05) is 31.2 Å². The molecule has 1 heterocycles. The fourth-order valence-corrected chi connectivity index (χ4v) is 2.97. The summed E-state index contributed by atoms with van der Waals surface area (Å²) in [6.45, 7) is 2.82. The van der Waals surface area contributed by atoms with Crippen LogP contribution in [0.1, 0.15) is 24.0 Å². The molecule has 0 bridgehead atoms. The molecule has 0 saturated carbocycles. The van der Waals surface area contributed by atoms with Crippen LogP contribution >= 0.6 is 15.9 Å². The van der Waals surface area contributed by atoms with E-state index in [1.165, 1.54) is 5.56 Å². The molecule has 2 rings (SSSR count). The summed E-state index contributed by atoms with van der Waals surface area (Å²) in [5, 5.41) is 9.22. The standard InChI is InChI=1S/C15H18BrNO2/c1-11-4-5-12(14(16)9-11)6-7-15(19)17-8-2-3-13(17)10-18/h4-7,9,13,18H,2-3,8,10H2,1H3. The highest BCUT2D eigenvalue weighted by Crippen LogP contribution is 2.21. The third kappa shape index (κ3) is 3.45. The second-order valence-corrected chi connectivity index (χ2v) is 5.72. The molecule has 1 saturated heterocycles. The van der Waals surface area contributed by atoms with Gasteiger partial charge in [-0.15, -0.1) is 0 Å². The molecule has 0 spiro atoms. The van der Waals surface area contributed by atoms with Gasteiger partial charge in [-0.05, 0) is 43.0 Å². The molecule has 1 aliphatic rings. The largest absolute Gasteiger partial charge is 0.394 e. The molecule has 1 aromatic carbocycles. The number of carbonyl (C=O) groups excluding carboxylic acids is 1. The molecule has 0 aliphatic carbocycles. The second-order valence-electron chi connectivity index (χ2n) is 4.87. The monoisotopic (exact) mass is 323 g/mol. The lowest BCUT2D eigenvalue weighted by molar-refractivity contribution is -0.127. The number of hydrogen-bond donors (Lipinski definition) is 1. The number of aliphatic hydroxyl groups is 1. The van der Waals surface area contributed by atoms with E-state index in [0.29, 0.717) is 0 Å². The maximum atomic E-state index is 12.1. The van der Waals surface area contributed by atoms with E-state index in [2.05, 4.69) is 15.9 Å². The molecule has 3 nitrogen and oxygen atoms in total. The number of aliphatic hydroxyl groups excluding tert-OH is 1. The summed E-state index contributed by atoms with van der Waals surface area (Å²) in [7, 11) is 0. The number of amides is 1. The minimum absolute atomic E-state index is 0.0152. The van der Waals surface area contributed by atoms with Crippen molar-refractivity contribution in [2.24, 2.45) is 0 Å². The van der Waals surface area contributed by atoms with Gasteiger partial charge in [0.2, 0.25) is 5.91 Å². The zero-order chi connectivity index (χ0) is 13.8. The third-order valence-electron chi connectivity index (χ3n) is 3.43. The molecule has 1 fully saturated rings. The van der Waals surface area contributed by atoms with Gasteiger partial charge >= 0.3 is 0 Å². The Morgan fingerprint density at radius 3 is 3.05 bits per heavy atom. The Balaban J connectivity index is 2.07. The van der Waals surface area contributed by atoms with Crippen molar-refractivity contribution in [2.45, 2.75) is 25.8 Å². The zero-order valence-corrected chi connectivity index (χ0v) is 12.6. The van der Waals surface area contributed by atoms with Crippen molar-refractivity contribution >= 4 is 27.9 Å². The lowest BCUT2D eigenvalue weighted by atomic mass is 10.1. The van der Waals surface area contributed by atoms with Crippen LogP contribution in [0, 0.1) is 6.92 Å². The van der Waals surface area contributed by atoms with Crippen molar-refractivity contribution in [1.29, 1.82) is 0 Å². The molecule has 102 valence electrons. The van der Waals surface area contributed by atoms with Crippen LogP contribution in [0.25, 0.3) is 6.08 Å². The Morgan fingerprint density at radius 2 is 2.37 bits per heavy atom. The zero-order valence-electron chi connectivity index (χ0n) is 11.0. The third-order valence-corrected chi connectivity index (χ3v) is 4.12. The van der Waals surface area contributed by atoms with E-state index in [9.17, 15) is 9.90 Å². The Bertz CT molecular complexity index is 499. The molecule has 1 aliphatic heterocycles. The van der Waals surface area contributed by atoms with Crippen molar-refractivity contribution < 1.29 is 9.90 Å². The molecule has 1 atom stereocenters. The SMILES string of the molecule is Cc1ccc(C=CC(=O)N2CCCC2CO)c(Br)c1. The molecule has 1 amide bonds. The summed E-state index contributed by atoms with van der Waals surface area (Å²) >= 11 is 3.49. The minimum atomic E-state index is -0.0241. The Kier molecular flexibility index (Phi) is 4.77. The maximum absolute atomic E-state index is 12.1. The van der Waals surface area contributed by atoms with Gasteiger partial charge in [-0.3, -0.25) is 4.79 Å². The summed E-state index contributed by atoms with van der Waals surface area (Å²) in [5.41, 5.74) is 2.16. The van der Waals surface area contributed by atoms with Crippen molar-refractivity contribution in [2.75, 3.05) is 13.2 Å². The molecule has 1 unspecified atom stereocenters. The van der Waals surface area contributed by atoms with Crippen LogP contribution in [0.4, 0.5) is 0 Å². The molecular weight excluding hydrogens is 306 g/mol. The van der Waals surface area contributed by atoms with Crippen LogP contribution in [0.5, 0.6) is 0 Å². The number of hydrogen-bond acceptors (Lipinski definition) is 2. The summed E-state index contributed by atoms with van der Waals surface area (Å²) in [6, 6.07) is 6.01. The van der Waals surface area contributed by atoms with Crippen molar-refractivity contribution in [1.82, 2.24) is 4.90 Å². The number of benzene rings is 1. The van der Waals surface area contributed by atoms with Gasteiger partial charge in [-0.2, -0.15) is 0 Å². The first-order valence-corrected chi connectivity index (χ1v) is 7.27. The lowest BCUT2D eigenvalue weighted by Gasteiger charge is -2.21. The van der Waals surface area contributed by atoms with Crippen molar-refractivity contribution in [3.63, 3.8) is 0 Å². The molecule has 4 heteroatoms. The van der Waals surface area contributed by atoms with Crippen LogP contribution < -0.4 is 0 Å². The van der Waals surface area contributed by atoms with Gasteiger partial charge in [0.15, 0.2) is 0 Å². The predicted molar refractivity (Wildman–Crippen MR) is 79.7 cm³/mol. The quantitative estimate of drug-likeness (QED) is 0.869. The number of nitrogens with zero attached hydrogens (tertiary/aromatic N) is 1. The van der Waals surface area contributed by atoms with E-state index >= 15 is 0 Å². The normalized spacial score (nSPS) is 19.3. The number of rotatable bonds is 3. The average Bonchev–Trinajstić information content (AvgIpc) is 2.85. The molecular formula is C15H18BrNO2. The van der Waals surface area contributed by atoms with Crippen LogP contribution in [-0.2, 0) is 4.79 Å². The molecule has 0 radical (unpaired) electrons. The fraction of sp³-hybridized carbons (Fsp3) is 0.400. The summed E-state index contributed by atoms with van der Waals surface area (Å²) < 4.78 is 0.983. The fourth-order valence-electron chi connectivity index (χ4n) is 2.34. The minimum Gasteiger partial charge on any atom is -0.394 e. The first kappa shape index (κ1) is 14.3. The highest BCUT2D eigenvalue weighted by Gasteiger charge is 2.26. The van der Waals surface area contributed by atoms with Crippen molar-refractivity contribution in [3.8, 4) is 0 Å². The highest BCUT2D eigenvalue weighted by molar-refractivity contribution is 9.10. The first-order chi connectivity index (χ1) is 9.11. The molecule has 19 heavy (non-hydrogen) atoms. The number of likely N-dealkylation sites (tertiary alicyclic amines) is 1. The van der Waals surface area contributed by atoms with Gasteiger partial charge in [0.25, 0.3) is 0 Å². The van der Waals surface area contributed by atoms with E-state index < -0.39 is 0 Å². The number of halogens is 1. The van der Waals surface area contributed by atoms with Gasteiger partial charge in [-0.25, -0.2) is 0 Å². The van der Waals surface area contributed by atoms with Gasteiger partial charge in [0.1, 0.15) is 0 Å². The predicted octanol–water partition coefficient (Wildman–Crippen LogP) is 2.75. The summed E-state index contributed by atoms with van der Waals surface area (Å²) in [6.07, 6.45) is 5.27. The maximum Gasteiger partial charge on any atom is 0.246 e. The van der Waals surface area contributed by atoms with E-state index in [1.54, 1.807) is 11.0 Å². The second kappa shape index (κ2) is 6.35. The van der Waals surface area contributed by atoms with Crippen LogP contribution in [0.2, 0.25) is 0 Å². The van der Waals surface area contributed by atoms with Crippen LogP contribution in [0.15, 0.2) is 28.7 Å². The van der Waals surface area contributed by atoms with E-state index in [-0.39, 0.29) is 18.6 Å². The highest BCUT2D eigenvalue weighted by atomic mass is 79.9. The van der Waals surface area contributed by atoms with Gasteiger partial charge in [0, 0.05) is 17.1 Å². The number of aryl methyl sites for hydroxylation is 1. The Labute approximate surface area is 122 Å².